The number of methoxy groups -OCH3 is 1. The van der Waals surface area contributed by atoms with E-state index in [2.05, 4.69) is 0 Å². The van der Waals surface area contributed by atoms with Crippen molar-refractivity contribution in [2.24, 2.45) is 0 Å². The van der Waals surface area contributed by atoms with Crippen molar-refractivity contribution < 1.29 is 17.9 Å². The van der Waals surface area contributed by atoms with Crippen LogP contribution in [0.3, 0.4) is 0 Å². The maximum atomic E-state index is 13.0. The second kappa shape index (κ2) is 5.79. The number of benzene rings is 2. The molecular formula is C18H17NO4S. The molecule has 0 saturated heterocycles. The summed E-state index contributed by atoms with van der Waals surface area (Å²) in [7, 11) is -1.96. The number of hydrogen-bond acceptors (Lipinski definition) is 4. The average molecular weight is 343 g/mol. The molecule has 0 N–H and O–H groups in total. The molecule has 0 atom stereocenters. The SMILES string of the molecule is COc1ccc(C(=O)c2c(C)n(S(C)(=O)=O)c3ccccc23)cc1. The second-order valence-electron chi connectivity index (χ2n) is 5.56. The molecule has 0 radical (unpaired) electrons. The Morgan fingerprint density at radius 3 is 2.25 bits per heavy atom. The number of aromatic nitrogens is 1. The van der Waals surface area contributed by atoms with Gasteiger partial charge in [0.05, 0.1) is 24.4 Å². The molecule has 0 saturated carbocycles. The molecule has 0 aliphatic heterocycles. The first-order valence-electron chi connectivity index (χ1n) is 7.34. The van der Waals surface area contributed by atoms with Gasteiger partial charge in [-0.15, -0.1) is 0 Å². The van der Waals surface area contributed by atoms with Gasteiger partial charge in [-0.3, -0.25) is 4.79 Å². The largest absolute Gasteiger partial charge is 0.497 e. The molecule has 1 aromatic heterocycles. The summed E-state index contributed by atoms with van der Waals surface area (Å²) in [5.74, 6) is 0.440. The minimum absolute atomic E-state index is 0.214. The molecule has 24 heavy (non-hydrogen) atoms. The van der Waals surface area contributed by atoms with Gasteiger partial charge in [-0.05, 0) is 37.3 Å². The lowest BCUT2D eigenvalue weighted by Gasteiger charge is -2.06. The molecule has 124 valence electrons. The van der Waals surface area contributed by atoms with Crippen LogP contribution in [0.15, 0.2) is 48.5 Å². The molecule has 2 aromatic carbocycles. The summed E-state index contributed by atoms with van der Waals surface area (Å²) in [6, 6.07) is 13.8. The van der Waals surface area contributed by atoms with Gasteiger partial charge in [-0.2, -0.15) is 0 Å². The number of rotatable bonds is 4. The van der Waals surface area contributed by atoms with Crippen molar-refractivity contribution in [2.75, 3.05) is 13.4 Å². The summed E-state index contributed by atoms with van der Waals surface area (Å²) in [6.45, 7) is 1.65. The lowest BCUT2D eigenvalue weighted by atomic mass is 10.0. The van der Waals surface area contributed by atoms with Crippen molar-refractivity contribution >= 4 is 26.7 Å². The van der Waals surface area contributed by atoms with E-state index in [9.17, 15) is 13.2 Å². The van der Waals surface area contributed by atoms with Crippen molar-refractivity contribution in [2.45, 2.75) is 6.92 Å². The first-order chi connectivity index (χ1) is 11.3. The molecule has 0 unspecified atom stereocenters. The fourth-order valence-electron chi connectivity index (χ4n) is 2.94. The molecule has 3 rings (SSSR count). The number of para-hydroxylation sites is 1. The molecule has 3 aromatic rings. The monoisotopic (exact) mass is 343 g/mol. The highest BCUT2D eigenvalue weighted by atomic mass is 32.2. The number of ketones is 1. The Labute approximate surface area is 140 Å². The molecular weight excluding hydrogens is 326 g/mol. The van der Waals surface area contributed by atoms with Gasteiger partial charge < -0.3 is 4.74 Å². The zero-order chi connectivity index (χ0) is 17.5. The second-order valence-corrected chi connectivity index (χ2v) is 7.39. The van der Waals surface area contributed by atoms with E-state index in [1.165, 1.54) is 3.97 Å². The van der Waals surface area contributed by atoms with Crippen LogP contribution in [0.25, 0.3) is 10.9 Å². The van der Waals surface area contributed by atoms with Gasteiger partial charge in [0.1, 0.15) is 5.75 Å². The van der Waals surface area contributed by atoms with Gasteiger partial charge >= 0.3 is 0 Å². The molecule has 0 spiro atoms. The fourth-order valence-corrected chi connectivity index (χ4v) is 4.05. The van der Waals surface area contributed by atoms with Gasteiger partial charge in [0.25, 0.3) is 0 Å². The average Bonchev–Trinajstić information content (AvgIpc) is 2.86. The van der Waals surface area contributed by atoms with E-state index in [4.69, 9.17) is 4.74 Å². The maximum Gasteiger partial charge on any atom is 0.236 e. The first-order valence-corrected chi connectivity index (χ1v) is 9.18. The number of carbonyl (C=O) groups excluding carboxylic acids is 1. The van der Waals surface area contributed by atoms with E-state index in [-0.39, 0.29) is 5.78 Å². The zero-order valence-electron chi connectivity index (χ0n) is 13.6. The Bertz CT molecular complexity index is 1030. The van der Waals surface area contributed by atoms with Gasteiger partial charge in [0.15, 0.2) is 5.78 Å². The third-order valence-corrected chi connectivity index (χ3v) is 5.10. The topological polar surface area (TPSA) is 65.4 Å². The van der Waals surface area contributed by atoms with E-state index in [1.54, 1.807) is 62.6 Å². The van der Waals surface area contributed by atoms with E-state index < -0.39 is 10.0 Å². The Balaban J connectivity index is 2.26. The minimum Gasteiger partial charge on any atom is -0.497 e. The molecule has 0 aliphatic rings. The highest BCUT2D eigenvalue weighted by Gasteiger charge is 2.24. The quantitative estimate of drug-likeness (QED) is 0.683. The lowest BCUT2D eigenvalue weighted by molar-refractivity contribution is 0.103. The smallest absolute Gasteiger partial charge is 0.236 e. The summed E-state index contributed by atoms with van der Waals surface area (Å²) in [5.41, 5.74) is 1.81. The first kappa shape index (κ1) is 16.3. The van der Waals surface area contributed by atoms with Crippen molar-refractivity contribution in [1.82, 2.24) is 3.97 Å². The number of carbonyl (C=O) groups is 1. The van der Waals surface area contributed by atoms with Crippen molar-refractivity contribution in [3.63, 3.8) is 0 Å². The molecule has 0 aliphatic carbocycles. The minimum atomic E-state index is -3.52. The van der Waals surface area contributed by atoms with Gasteiger partial charge in [0.2, 0.25) is 10.0 Å². The van der Waals surface area contributed by atoms with Crippen LogP contribution in [0.1, 0.15) is 21.6 Å². The normalized spacial score (nSPS) is 11.6. The van der Waals surface area contributed by atoms with Crippen LogP contribution in [0, 0.1) is 6.92 Å². The van der Waals surface area contributed by atoms with Crippen LogP contribution in [-0.4, -0.2) is 31.5 Å². The van der Waals surface area contributed by atoms with Crippen LogP contribution < -0.4 is 4.74 Å². The van der Waals surface area contributed by atoms with Crippen molar-refractivity contribution in [1.29, 1.82) is 0 Å². The predicted molar refractivity (Wildman–Crippen MR) is 93.3 cm³/mol. The highest BCUT2D eigenvalue weighted by Crippen LogP contribution is 2.29. The summed E-state index contributed by atoms with van der Waals surface area (Å²) in [5, 5.41) is 0.626. The fraction of sp³-hybridized carbons (Fsp3) is 0.167. The number of hydrogen-bond donors (Lipinski definition) is 0. The zero-order valence-corrected chi connectivity index (χ0v) is 14.4. The summed E-state index contributed by atoms with van der Waals surface area (Å²) in [4.78, 5) is 13.0. The highest BCUT2D eigenvalue weighted by molar-refractivity contribution is 7.89. The summed E-state index contributed by atoms with van der Waals surface area (Å²) in [6.07, 6.45) is 1.13. The Kier molecular flexibility index (Phi) is 3.93. The van der Waals surface area contributed by atoms with Crippen LogP contribution in [-0.2, 0) is 10.0 Å². The maximum absolute atomic E-state index is 13.0. The molecule has 0 fully saturated rings. The van der Waals surface area contributed by atoms with Crippen LogP contribution in [0.2, 0.25) is 0 Å². The Morgan fingerprint density at radius 2 is 1.67 bits per heavy atom. The number of ether oxygens (including phenoxy) is 1. The van der Waals surface area contributed by atoms with Gasteiger partial charge in [-0.25, -0.2) is 12.4 Å². The third kappa shape index (κ3) is 2.59. The van der Waals surface area contributed by atoms with Crippen LogP contribution >= 0.6 is 0 Å². The van der Waals surface area contributed by atoms with Crippen molar-refractivity contribution in [3.8, 4) is 5.75 Å². The van der Waals surface area contributed by atoms with Crippen molar-refractivity contribution in [3.05, 3.63) is 65.4 Å². The molecule has 1 heterocycles. The molecule has 0 amide bonds. The Hall–Kier alpha value is -2.60. The number of fused-ring (bicyclic) bond motifs is 1. The predicted octanol–water partition coefficient (Wildman–Crippen LogP) is 3.00. The van der Waals surface area contributed by atoms with E-state index >= 15 is 0 Å². The van der Waals surface area contributed by atoms with Crippen LogP contribution in [0.4, 0.5) is 0 Å². The van der Waals surface area contributed by atoms with E-state index in [0.29, 0.717) is 33.5 Å². The third-order valence-electron chi connectivity index (χ3n) is 3.97. The van der Waals surface area contributed by atoms with E-state index in [1.807, 2.05) is 0 Å². The Morgan fingerprint density at radius 1 is 1.04 bits per heavy atom. The van der Waals surface area contributed by atoms with Gasteiger partial charge in [0, 0.05) is 16.6 Å². The van der Waals surface area contributed by atoms with Gasteiger partial charge in [-0.1, -0.05) is 18.2 Å². The van der Waals surface area contributed by atoms with E-state index in [0.717, 1.165) is 6.26 Å². The van der Waals surface area contributed by atoms with Crippen LogP contribution in [0.5, 0.6) is 5.75 Å². The summed E-state index contributed by atoms with van der Waals surface area (Å²) >= 11 is 0. The molecule has 5 nitrogen and oxygen atoms in total. The standard InChI is InChI=1S/C18H17NO4S/c1-12-17(18(20)13-8-10-14(23-2)11-9-13)15-6-4-5-7-16(15)19(12)24(3,21)22/h4-11H,1-3H3. The molecule has 0 bridgehead atoms. The lowest BCUT2D eigenvalue weighted by Crippen LogP contribution is -2.12. The number of nitrogens with zero attached hydrogens (tertiary/aromatic N) is 1. The summed E-state index contributed by atoms with van der Waals surface area (Å²) < 4.78 is 30.6. The molecule has 6 heteroatoms.